The quantitative estimate of drug-likeness (QED) is 0.386. The molecule has 2 aromatic rings. The minimum Gasteiger partial charge on any atom is -0.904 e. The Hall–Kier alpha value is -0.628. The molecule has 1 aromatic carbocycles. The number of halogens is 2. The van der Waals surface area contributed by atoms with Crippen molar-refractivity contribution in [3.05, 3.63) is 81.0 Å². The summed E-state index contributed by atoms with van der Waals surface area (Å²) < 4.78 is 0. The Kier molecular flexibility index (Phi) is 8.38. The molecule has 6 heteroatoms. The van der Waals surface area contributed by atoms with Crippen LogP contribution in [-0.2, 0) is 0 Å². The molecule has 0 saturated heterocycles. The number of pyridine rings is 1. The van der Waals surface area contributed by atoms with Gasteiger partial charge in [-0.15, -0.1) is 5.56 Å². The molecule has 0 aliphatic heterocycles. The van der Waals surface area contributed by atoms with E-state index >= 15 is 0 Å². The fourth-order valence-electron chi connectivity index (χ4n) is 2.19. The van der Waals surface area contributed by atoms with E-state index in [4.69, 9.17) is 23.2 Å². The fraction of sp³-hybridized carbons (Fsp3) is 0.263. The number of hydrogen-bond donors (Lipinski definition) is 1. The van der Waals surface area contributed by atoms with Crippen molar-refractivity contribution in [3.63, 3.8) is 0 Å². The van der Waals surface area contributed by atoms with Crippen molar-refractivity contribution in [2.24, 2.45) is 5.41 Å². The molecule has 0 saturated carbocycles. The zero-order chi connectivity index (χ0) is 17.9. The van der Waals surface area contributed by atoms with Crippen LogP contribution in [0, 0.1) is 42.6 Å². The van der Waals surface area contributed by atoms with E-state index in [9.17, 15) is 10.5 Å². The second-order valence-electron chi connectivity index (χ2n) is 6.45. The first-order chi connectivity index (χ1) is 11.2. The summed E-state index contributed by atoms with van der Waals surface area (Å²) in [7, 11) is 0. The summed E-state index contributed by atoms with van der Waals surface area (Å²) in [5.74, 6) is 0. The molecule has 1 atom stereocenters. The van der Waals surface area contributed by atoms with E-state index in [-0.39, 0.29) is 47.8 Å². The Morgan fingerprint density at radius 1 is 1.24 bits per heavy atom. The van der Waals surface area contributed by atoms with Crippen LogP contribution in [0.1, 0.15) is 38.0 Å². The number of hydrogen-bond acceptors (Lipinski definition) is 2. The molecule has 1 aromatic heterocycles. The Labute approximate surface area is 182 Å². The molecule has 0 radical (unpaired) electrons. The minimum absolute atomic E-state index is 0. The van der Waals surface area contributed by atoms with Gasteiger partial charge in [-0.25, -0.2) is 5.57 Å². The van der Waals surface area contributed by atoms with E-state index in [0.717, 1.165) is 0 Å². The number of nitrogens with zero attached hydrogens (tertiary/aromatic N) is 2. The molecule has 3 nitrogen and oxygen atoms in total. The van der Waals surface area contributed by atoms with Gasteiger partial charge in [-0.05, 0) is 18.2 Å². The number of aromatic nitrogens is 1. The smallest absolute Gasteiger partial charge is 0.904 e. The molecular formula is C19H18Cl2N2OU. The molecule has 25 heavy (non-hydrogen) atoms. The van der Waals surface area contributed by atoms with Crippen LogP contribution in [0.3, 0.4) is 0 Å². The summed E-state index contributed by atoms with van der Waals surface area (Å²) in [6, 6.07) is 8.24. The van der Waals surface area contributed by atoms with E-state index in [1.165, 1.54) is 0 Å². The third-order valence-electron chi connectivity index (χ3n) is 3.22. The first kappa shape index (κ1) is 22.4. The first-order valence-electron chi connectivity index (χ1n) is 7.44. The monoisotopic (exact) mass is 598 g/mol. The maximum absolute atomic E-state index is 10.8. The largest absolute Gasteiger partial charge is 2.00 e. The van der Waals surface area contributed by atoms with Crippen LogP contribution < -0.4 is 0 Å². The van der Waals surface area contributed by atoms with Gasteiger partial charge in [0.25, 0.3) is 0 Å². The van der Waals surface area contributed by atoms with Crippen molar-refractivity contribution in [3.8, 4) is 0 Å². The molecule has 1 N–H and O–H groups in total. The Bertz CT molecular complexity index is 771. The molecule has 1 unspecified atom stereocenters. The van der Waals surface area contributed by atoms with Gasteiger partial charge in [0, 0.05) is 28.0 Å². The van der Waals surface area contributed by atoms with Crippen molar-refractivity contribution >= 4 is 28.9 Å². The second kappa shape index (κ2) is 9.35. The topological polar surface area (TPSA) is 55.4 Å². The Morgan fingerprint density at radius 3 is 2.44 bits per heavy atom. The Morgan fingerprint density at radius 2 is 1.92 bits per heavy atom. The van der Waals surface area contributed by atoms with Crippen molar-refractivity contribution in [1.82, 2.24) is 4.98 Å². The number of aliphatic hydroxyl groups excluding tert-OH is 1. The average molecular weight is 599 g/mol. The molecule has 128 valence electrons. The molecule has 0 aliphatic carbocycles. The molecule has 0 fully saturated rings. The molecule has 0 bridgehead atoms. The van der Waals surface area contributed by atoms with Gasteiger partial charge in [-0.1, -0.05) is 61.5 Å². The molecular weight excluding hydrogens is 581 g/mol. The van der Waals surface area contributed by atoms with Crippen molar-refractivity contribution in [2.45, 2.75) is 26.9 Å². The Balaban J connectivity index is 0.00000312. The third-order valence-corrected chi connectivity index (χ3v) is 3.77. The van der Waals surface area contributed by atoms with Crippen LogP contribution in [-0.4, -0.2) is 15.8 Å². The molecule has 1 heterocycles. The number of allylic oxidation sites excluding steroid dienone is 1. The predicted molar refractivity (Wildman–Crippen MR) is 99.3 cm³/mol. The normalized spacial score (nSPS) is 13.1. The summed E-state index contributed by atoms with van der Waals surface area (Å²) in [5.41, 5.74) is 0.671. The SMILES string of the molecule is CC(C)(C)[C-]=C(C(=[N-])c1ccc(Cl)cc1Cl)C(O)c1cccnc1.[U+2]. The van der Waals surface area contributed by atoms with Crippen LogP contribution >= 0.6 is 23.2 Å². The first-order valence-corrected chi connectivity index (χ1v) is 8.19. The van der Waals surface area contributed by atoms with Gasteiger partial charge in [0.2, 0.25) is 0 Å². The summed E-state index contributed by atoms with van der Waals surface area (Å²) >= 11 is 12.1. The molecule has 0 spiro atoms. The van der Waals surface area contributed by atoms with Crippen molar-refractivity contribution in [1.29, 1.82) is 0 Å². The summed E-state index contributed by atoms with van der Waals surface area (Å²) in [6.07, 6.45) is 5.24. The fourth-order valence-corrected chi connectivity index (χ4v) is 2.69. The maximum Gasteiger partial charge on any atom is 2.00 e. The van der Waals surface area contributed by atoms with E-state index in [0.29, 0.717) is 21.2 Å². The standard InChI is InChI=1S/C19H18Cl2N2O.U/c1-19(2,3)10-15(18(24)12-5-4-8-23-11-12)17(22)14-7-6-13(20)9-16(14)21;/h4-9,11,18,24H,1-3H3;/q-2;+2. The zero-order valence-electron chi connectivity index (χ0n) is 14.2. The molecule has 0 amide bonds. The van der Waals surface area contributed by atoms with Gasteiger partial charge in [0.05, 0.1) is 6.10 Å². The summed E-state index contributed by atoms with van der Waals surface area (Å²) in [5, 5.41) is 22.3. The maximum atomic E-state index is 10.8. The molecule has 0 aliphatic rings. The van der Waals surface area contributed by atoms with Crippen molar-refractivity contribution in [2.75, 3.05) is 0 Å². The van der Waals surface area contributed by atoms with Gasteiger partial charge in [-0.2, -0.15) is 0 Å². The summed E-state index contributed by atoms with van der Waals surface area (Å²) in [4.78, 5) is 4.01. The number of rotatable bonds is 4. The van der Waals surface area contributed by atoms with Gasteiger partial charge >= 0.3 is 31.1 Å². The zero-order valence-corrected chi connectivity index (χ0v) is 19.9. The van der Waals surface area contributed by atoms with Gasteiger partial charge < -0.3 is 16.2 Å². The van der Waals surface area contributed by atoms with Crippen LogP contribution in [0.4, 0.5) is 0 Å². The van der Waals surface area contributed by atoms with Crippen LogP contribution in [0.2, 0.25) is 10.0 Å². The van der Waals surface area contributed by atoms with Crippen molar-refractivity contribution < 1.29 is 36.2 Å². The van der Waals surface area contributed by atoms with Crippen LogP contribution in [0.15, 0.2) is 48.3 Å². The van der Waals surface area contributed by atoms with E-state index in [1.54, 1.807) is 42.7 Å². The van der Waals surface area contributed by atoms with Gasteiger partial charge in [0.15, 0.2) is 0 Å². The number of benzene rings is 1. The second-order valence-corrected chi connectivity index (χ2v) is 7.29. The van der Waals surface area contributed by atoms with E-state index in [1.807, 2.05) is 20.8 Å². The van der Waals surface area contributed by atoms with E-state index in [2.05, 4.69) is 11.1 Å². The van der Waals surface area contributed by atoms with Crippen LogP contribution in [0.25, 0.3) is 5.41 Å². The predicted octanol–water partition coefficient (Wildman–Crippen LogP) is 5.26. The molecule has 2 rings (SSSR count). The van der Waals surface area contributed by atoms with Gasteiger partial charge in [-0.3, -0.25) is 11.1 Å². The summed E-state index contributed by atoms with van der Waals surface area (Å²) in [6.45, 7) is 5.79. The van der Waals surface area contributed by atoms with Gasteiger partial charge in [0.1, 0.15) is 0 Å². The third kappa shape index (κ3) is 6.24. The number of aliphatic hydroxyl groups is 1. The van der Waals surface area contributed by atoms with Crippen LogP contribution in [0.5, 0.6) is 0 Å². The minimum atomic E-state index is -1.08. The van der Waals surface area contributed by atoms with E-state index < -0.39 is 6.10 Å². The average Bonchev–Trinajstić information content (AvgIpc) is 2.51.